The van der Waals surface area contributed by atoms with Gasteiger partial charge in [-0.25, -0.2) is 0 Å². The molecule has 0 radical (unpaired) electrons. The molecule has 0 fully saturated rings. The number of likely N-dealkylation sites (N-methyl/N-ethyl adjacent to an activating group) is 1. The Bertz CT molecular complexity index is 333. The predicted molar refractivity (Wildman–Crippen MR) is 65.6 cm³/mol. The molecule has 1 heterocycles. The van der Waals surface area contributed by atoms with Crippen molar-refractivity contribution in [3.8, 4) is 0 Å². The molecule has 1 aromatic rings. The monoisotopic (exact) mass is 204 g/mol. The minimum absolute atomic E-state index is 0.682. The second-order valence-corrected chi connectivity index (χ2v) is 4.31. The normalized spacial score (nSPS) is 19.5. The molecule has 1 aromatic carbocycles. The molecule has 0 saturated heterocycles. The smallest absolute Gasteiger partial charge is 0.0376 e. The van der Waals surface area contributed by atoms with Gasteiger partial charge in [-0.05, 0) is 31.5 Å². The Morgan fingerprint density at radius 1 is 1.47 bits per heavy atom. The number of aryl methyl sites for hydroxylation is 1. The number of fused-ring (bicyclic) bond motifs is 1. The summed E-state index contributed by atoms with van der Waals surface area (Å²) in [5.41, 5.74) is 4.18. The Labute approximate surface area is 92.1 Å². The maximum absolute atomic E-state index is 3.47. The molecular formula is C13H20N2. The van der Waals surface area contributed by atoms with E-state index in [1.54, 1.807) is 0 Å². The Morgan fingerprint density at radius 2 is 2.33 bits per heavy atom. The summed E-state index contributed by atoms with van der Waals surface area (Å²) in [7, 11) is 0. The molecule has 2 heteroatoms. The number of anilines is 1. The van der Waals surface area contributed by atoms with Crippen molar-refractivity contribution >= 4 is 5.69 Å². The first-order valence-electron chi connectivity index (χ1n) is 5.86. The Balaban J connectivity index is 2.20. The molecule has 1 aliphatic rings. The first kappa shape index (κ1) is 10.5. The third-order valence-electron chi connectivity index (χ3n) is 3.10. The van der Waals surface area contributed by atoms with E-state index in [9.17, 15) is 0 Å². The van der Waals surface area contributed by atoms with Gasteiger partial charge >= 0.3 is 0 Å². The number of nitrogens with one attached hydrogen (secondary N) is 2. The summed E-state index contributed by atoms with van der Waals surface area (Å²) in [6, 6.07) is 6.72. The maximum atomic E-state index is 3.47. The van der Waals surface area contributed by atoms with Gasteiger partial charge in [0, 0.05) is 24.7 Å². The maximum Gasteiger partial charge on any atom is 0.0376 e. The first-order valence-corrected chi connectivity index (χ1v) is 5.86. The molecule has 1 unspecified atom stereocenters. The first-order chi connectivity index (χ1) is 7.31. The van der Waals surface area contributed by atoms with Crippen LogP contribution in [0.25, 0.3) is 0 Å². The van der Waals surface area contributed by atoms with E-state index in [0.717, 1.165) is 19.6 Å². The van der Waals surface area contributed by atoms with E-state index in [1.165, 1.54) is 23.2 Å². The predicted octanol–water partition coefficient (Wildman–Crippen LogP) is 2.50. The molecular weight excluding hydrogens is 184 g/mol. The van der Waals surface area contributed by atoms with Gasteiger partial charge in [0.2, 0.25) is 0 Å². The summed E-state index contributed by atoms with van der Waals surface area (Å²) >= 11 is 0. The summed E-state index contributed by atoms with van der Waals surface area (Å²) in [6.45, 7) is 7.60. The SMILES string of the molecule is CCNCC1CCNc2ccc(C)cc21. The second kappa shape index (κ2) is 4.67. The minimum Gasteiger partial charge on any atom is -0.385 e. The second-order valence-electron chi connectivity index (χ2n) is 4.31. The van der Waals surface area contributed by atoms with Gasteiger partial charge in [-0.2, -0.15) is 0 Å². The third-order valence-corrected chi connectivity index (χ3v) is 3.10. The van der Waals surface area contributed by atoms with Crippen molar-refractivity contribution in [3.05, 3.63) is 29.3 Å². The fourth-order valence-corrected chi connectivity index (χ4v) is 2.25. The molecule has 15 heavy (non-hydrogen) atoms. The molecule has 0 amide bonds. The van der Waals surface area contributed by atoms with Gasteiger partial charge in [-0.3, -0.25) is 0 Å². The lowest BCUT2D eigenvalue weighted by atomic mass is 9.90. The fraction of sp³-hybridized carbons (Fsp3) is 0.538. The topological polar surface area (TPSA) is 24.1 Å². The zero-order valence-corrected chi connectivity index (χ0v) is 9.64. The third kappa shape index (κ3) is 2.32. The van der Waals surface area contributed by atoms with Crippen molar-refractivity contribution in [1.82, 2.24) is 5.32 Å². The number of hydrogen-bond donors (Lipinski definition) is 2. The van der Waals surface area contributed by atoms with Gasteiger partial charge in [-0.1, -0.05) is 24.6 Å². The van der Waals surface area contributed by atoms with Crippen LogP contribution in [0, 0.1) is 6.92 Å². The van der Waals surface area contributed by atoms with Crippen LogP contribution in [0.5, 0.6) is 0 Å². The van der Waals surface area contributed by atoms with Crippen molar-refractivity contribution in [2.75, 3.05) is 25.0 Å². The largest absolute Gasteiger partial charge is 0.385 e. The van der Waals surface area contributed by atoms with E-state index in [2.05, 4.69) is 42.7 Å². The summed E-state index contributed by atoms with van der Waals surface area (Å²) in [5.74, 6) is 0.682. The highest BCUT2D eigenvalue weighted by molar-refractivity contribution is 5.56. The summed E-state index contributed by atoms with van der Waals surface area (Å²) < 4.78 is 0. The van der Waals surface area contributed by atoms with Crippen LogP contribution < -0.4 is 10.6 Å². The van der Waals surface area contributed by atoms with Crippen molar-refractivity contribution in [3.63, 3.8) is 0 Å². The summed E-state index contributed by atoms with van der Waals surface area (Å²) in [5, 5.41) is 6.92. The zero-order valence-electron chi connectivity index (χ0n) is 9.64. The van der Waals surface area contributed by atoms with Crippen molar-refractivity contribution in [2.45, 2.75) is 26.2 Å². The van der Waals surface area contributed by atoms with Gasteiger partial charge in [0.05, 0.1) is 0 Å². The van der Waals surface area contributed by atoms with Gasteiger partial charge < -0.3 is 10.6 Å². The number of hydrogen-bond acceptors (Lipinski definition) is 2. The highest BCUT2D eigenvalue weighted by atomic mass is 14.9. The summed E-state index contributed by atoms with van der Waals surface area (Å²) in [6.07, 6.45) is 1.24. The quantitative estimate of drug-likeness (QED) is 0.790. The van der Waals surface area contributed by atoms with E-state index < -0.39 is 0 Å². The van der Waals surface area contributed by atoms with Crippen LogP contribution in [0.15, 0.2) is 18.2 Å². The van der Waals surface area contributed by atoms with Gasteiger partial charge in [0.25, 0.3) is 0 Å². The molecule has 2 rings (SSSR count). The molecule has 0 saturated carbocycles. The Kier molecular flexibility index (Phi) is 3.27. The Morgan fingerprint density at radius 3 is 3.13 bits per heavy atom. The Hall–Kier alpha value is -1.02. The average Bonchev–Trinajstić information content (AvgIpc) is 2.26. The fourth-order valence-electron chi connectivity index (χ4n) is 2.25. The minimum atomic E-state index is 0.682. The molecule has 1 aliphatic heterocycles. The lowest BCUT2D eigenvalue weighted by molar-refractivity contribution is 0.563. The van der Waals surface area contributed by atoms with Crippen molar-refractivity contribution in [2.24, 2.45) is 0 Å². The lowest BCUT2D eigenvalue weighted by Gasteiger charge is -2.27. The van der Waals surface area contributed by atoms with Crippen LogP contribution in [0.2, 0.25) is 0 Å². The van der Waals surface area contributed by atoms with Crippen molar-refractivity contribution < 1.29 is 0 Å². The van der Waals surface area contributed by atoms with Crippen LogP contribution in [0.4, 0.5) is 5.69 Å². The van der Waals surface area contributed by atoms with Gasteiger partial charge in [-0.15, -0.1) is 0 Å². The summed E-state index contributed by atoms with van der Waals surface area (Å²) in [4.78, 5) is 0. The van der Waals surface area contributed by atoms with E-state index >= 15 is 0 Å². The molecule has 0 aliphatic carbocycles. The highest BCUT2D eigenvalue weighted by Crippen LogP contribution is 2.31. The molecule has 0 bridgehead atoms. The van der Waals surface area contributed by atoms with Crippen LogP contribution in [0.1, 0.15) is 30.4 Å². The van der Waals surface area contributed by atoms with Crippen molar-refractivity contribution in [1.29, 1.82) is 0 Å². The van der Waals surface area contributed by atoms with Gasteiger partial charge in [0.1, 0.15) is 0 Å². The molecule has 2 nitrogen and oxygen atoms in total. The number of benzene rings is 1. The zero-order chi connectivity index (χ0) is 10.7. The molecule has 2 N–H and O–H groups in total. The lowest BCUT2D eigenvalue weighted by Crippen LogP contribution is -2.26. The van der Waals surface area contributed by atoms with Crippen LogP contribution in [-0.4, -0.2) is 19.6 Å². The highest BCUT2D eigenvalue weighted by Gasteiger charge is 2.19. The van der Waals surface area contributed by atoms with Gasteiger partial charge in [0.15, 0.2) is 0 Å². The van der Waals surface area contributed by atoms with E-state index in [-0.39, 0.29) is 0 Å². The van der Waals surface area contributed by atoms with E-state index in [1.807, 2.05) is 0 Å². The van der Waals surface area contributed by atoms with Crippen LogP contribution in [0.3, 0.4) is 0 Å². The average molecular weight is 204 g/mol. The van der Waals surface area contributed by atoms with Crippen LogP contribution in [-0.2, 0) is 0 Å². The number of rotatable bonds is 3. The van der Waals surface area contributed by atoms with Crippen LogP contribution >= 0.6 is 0 Å². The molecule has 82 valence electrons. The molecule has 1 atom stereocenters. The molecule has 0 spiro atoms. The molecule has 0 aromatic heterocycles. The van der Waals surface area contributed by atoms with E-state index in [0.29, 0.717) is 5.92 Å². The van der Waals surface area contributed by atoms with E-state index in [4.69, 9.17) is 0 Å². The standard InChI is InChI=1S/C13H20N2/c1-3-14-9-11-6-7-15-13-5-4-10(2)8-12(11)13/h4-5,8,11,14-15H,3,6-7,9H2,1-2H3.